The topological polar surface area (TPSA) is 123 Å². The van der Waals surface area contributed by atoms with Crippen molar-refractivity contribution < 1.29 is 23.4 Å². The van der Waals surface area contributed by atoms with Crippen molar-refractivity contribution >= 4 is 34.5 Å². The smallest absolute Gasteiger partial charge is 0.320 e. The van der Waals surface area contributed by atoms with Crippen LogP contribution in [-0.2, 0) is 0 Å². The van der Waals surface area contributed by atoms with Crippen molar-refractivity contribution in [2.75, 3.05) is 52.1 Å². The molecule has 1 fully saturated rings. The molecule has 12 heteroatoms. The van der Waals surface area contributed by atoms with Gasteiger partial charge in [-0.15, -0.1) is 0 Å². The van der Waals surface area contributed by atoms with E-state index >= 15 is 0 Å². The number of nitrogens with one attached hydrogen (secondary N) is 3. The number of methoxy groups -OCH3 is 3. The molecule has 0 radical (unpaired) electrons. The van der Waals surface area contributed by atoms with E-state index in [9.17, 15) is 9.18 Å². The second-order valence-corrected chi connectivity index (χ2v) is 8.11. The van der Waals surface area contributed by atoms with Crippen LogP contribution in [0.25, 0.3) is 11.2 Å². The molecule has 0 bridgehead atoms. The third-order valence-corrected chi connectivity index (χ3v) is 5.65. The Kier molecular flexibility index (Phi) is 7.30. The van der Waals surface area contributed by atoms with Crippen LogP contribution in [-0.4, -0.2) is 79.6 Å². The molecule has 4 rings (SSSR count). The minimum Gasteiger partial charge on any atom is -0.493 e. The largest absolute Gasteiger partial charge is 0.493 e. The highest BCUT2D eigenvalue weighted by atomic mass is 19.1. The Bertz CT molecular complexity index is 1190. The number of rotatable bonds is 7. The van der Waals surface area contributed by atoms with Crippen molar-refractivity contribution in [2.45, 2.75) is 18.6 Å². The summed E-state index contributed by atoms with van der Waals surface area (Å²) in [5.41, 5.74) is 1.51. The highest BCUT2D eigenvalue weighted by Crippen LogP contribution is 2.40. The van der Waals surface area contributed by atoms with Crippen LogP contribution in [0.5, 0.6) is 17.2 Å². The van der Waals surface area contributed by atoms with Crippen molar-refractivity contribution in [3.8, 4) is 17.2 Å². The molecule has 2 aromatic heterocycles. The number of hydrogen-bond donors (Lipinski definition) is 3. The fourth-order valence-corrected chi connectivity index (χ4v) is 3.87. The SMILES string of the molecule is COc1cc(Nc2cnc3ccc(NC(=O)NC4CCN(C)CC4F)nc3n2)cc(OC)c1OC. The molecular weight excluding hydrogens is 457 g/mol. The number of pyridine rings is 1. The van der Waals surface area contributed by atoms with Gasteiger partial charge in [0.25, 0.3) is 0 Å². The van der Waals surface area contributed by atoms with E-state index in [0.29, 0.717) is 46.3 Å². The molecular formula is C23H28FN7O4. The number of hydrogen-bond acceptors (Lipinski definition) is 9. The van der Waals surface area contributed by atoms with Crippen LogP contribution in [0.1, 0.15) is 6.42 Å². The van der Waals surface area contributed by atoms with E-state index in [0.717, 1.165) is 6.54 Å². The second kappa shape index (κ2) is 10.6. The average molecular weight is 486 g/mol. The number of benzene rings is 1. The first-order valence-corrected chi connectivity index (χ1v) is 11.0. The Hall–Kier alpha value is -3.93. The summed E-state index contributed by atoms with van der Waals surface area (Å²) in [7, 11) is 6.45. The van der Waals surface area contributed by atoms with Crippen molar-refractivity contribution in [1.82, 2.24) is 25.2 Å². The molecule has 1 saturated heterocycles. The molecule has 0 aliphatic carbocycles. The summed E-state index contributed by atoms with van der Waals surface area (Å²) in [5.74, 6) is 2.14. The zero-order valence-electron chi connectivity index (χ0n) is 20.0. The summed E-state index contributed by atoms with van der Waals surface area (Å²) in [6, 6.07) is 5.73. The van der Waals surface area contributed by atoms with E-state index in [4.69, 9.17) is 14.2 Å². The number of aromatic nitrogens is 3. The van der Waals surface area contributed by atoms with Crippen LogP contribution in [0.2, 0.25) is 0 Å². The lowest BCUT2D eigenvalue weighted by molar-refractivity contribution is 0.127. The highest BCUT2D eigenvalue weighted by molar-refractivity contribution is 5.89. The number of carbonyl (C=O) groups is 1. The fraction of sp³-hybridized carbons (Fsp3) is 0.391. The molecule has 3 heterocycles. The van der Waals surface area contributed by atoms with E-state index in [1.165, 1.54) is 21.3 Å². The lowest BCUT2D eigenvalue weighted by atomic mass is 10.0. The van der Waals surface area contributed by atoms with Gasteiger partial charge >= 0.3 is 6.03 Å². The number of amides is 2. The van der Waals surface area contributed by atoms with Crippen LogP contribution in [0.3, 0.4) is 0 Å². The van der Waals surface area contributed by atoms with Gasteiger partial charge in [0.05, 0.1) is 33.6 Å². The van der Waals surface area contributed by atoms with Gasteiger partial charge in [-0.2, -0.15) is 0 Å². The second-order valence-electron chi connectivity index (χ2n) is 8.11. The van der Waals surface area contributed by atoms with Gasteiger partial charge in [-0.3, -0.25) is 5.32 Å². The normalized spacial score (nSPS) is 18.1. The van der Waals surface area contributed by atoms with Crippen molar-refractivity contribution in [3.05, 3.63) is 30.5 Å². The lowest BCUT2D eigenvalue weighted by Crippen LogP contribution is -2.52. The number of piperidine rings is 1. The van der Waals surface area contributed by atoms with Crippen molar-refractivity contribution in [1.29, 1.82) is 0 Å². The number of nitrogens with zero attached hydrogens (tertiary/aromatic N) is 4. The number of halogens is 1. The molecule has 0 saturated carbocycles. The molecule has 186 valence electrons. The first-order chi connectivity index (χ1) is 16.9. The number of ether oxygens (including phenoxy) is 3. The van der Waals surface area contributed by atoms with Gasteiger partial charge in [-0.25, -0.2) is 24.1 Å². The van der Waals surface area contributed by atoms with Gasteiger partial charge in [0.15, 0.2) is 23.0 Å². The molecule has 3 aromatic rings. The van der Waals surface area contributed by atoms with Gasteiger partial charge in [-0.1, -0.05) is 0 Å². The van der Waals surface area contributed by atoms with Crippen molar-refractivity contribution in [2.24, 2.45) is 0 Å². The lowest BCUT2D eigenvalue weighted by Gasteiger charge is -2.32. The summed E-state index contributed by atoms with van der Waals surface area (Å²) >= 11 is 0. The summed E-state index contributed by atoms with van der Waals surface area (Å²) in [6.45, 7) is 1.01. The number of carbonyl (C=O) groups excluding carboxylic acids is 1. The minimum absolute atomic E-state index is 0.276. The molecule has 1 aliphatic rings. The molecule has 0 spiro atoms. The predicted octanol–water partition coefficient (Wildman–Crippen LogP) is 2.96. The molecule has 11 nitrogen and oxygen atoms in total. The summed E-state index contributed by atoms with van der Waals surface area (Å²) in [5, 5.41) is 8.48. The van der Waals surface area contributed by atoms with Gasteiger partial charge in [-0.05, 0) is 25.6 Å². The maximum Gasteiger partial charge on any atom is 0.320 e. The number of urea groups is 1. The van der Waals surface area contributed by atoms with Gasteiger partial charge < -0.3 is 29.7 Å². The Balaban J connectivity index is 1.49. The minimum atomic E-state index is -1.13. The van der Waals surface area contributed by atoms with E-state index in [1.807, 2.05) is 11.9 Å². The fourth-order valence-electron chi connectivity index (χ4n) is 3.87. The number of likely N-dealkylation sites (tertiary alicyclic amines) is 1. The summed E-state index contributed by atoms with van der Waals surface area (Å²) in [6.07, 6.45) is 0.977. The zero-order chi connectivity index (χ0) is 24.9. The van der Waals surface area contributed by atoms with E-state index < -0.39 is 18.2 Å². The zero-order valence-corrected chi connectivity index (χ0v) is 20.0. The Morgan fingerprint density at radius 2 is 1.80 bits per heavy atom. The standard InChI is InChI=1S/C23H28FN7O4/c1-31-8-7-15(14(24)12-31)27-23(32)30-19-6-5-16-22(28-19)29-20(11-25-16)26-13-9-17(33-2)21(35-4)18(10-13)34-3/h5-6,9-11,14-15H,7-8,12H2,1-4H3,(H3,26,27,28,29,30,32). The number of fused-ring (bicyclic) bond motifs is 1. The first-order valence-electron chi connectivity index (χ1n) is 11.0. The van der Waals surface area contributed by atoms with Gasteiger partial charge in [0.2, 0.25) is 5.75 Å². The Labute approximate surface area is 202 Å². The molecule has 2 atom stereocenters. The van der Waals surface area contributed by atoms with Crippen LogP contribution in [0.15, 0.2) is 30.5 Å². The Morgan fingerprint density at radius 3 is 2.46 bits per heavy atom. The van der Waals surface area contributed by atoms with Crippen LogP contribution < -0.4 is 30.2 Å². The number of alkyl halides is 1. The van der Waals surface area contributed by atoms with Gasteiger partial charge in [0, 0.05) is 30.9 Å². The predicted molar refractivity (Wildman–Crippen MR) is 130 cm³/mol. The molecule has 2 amide bonds. The summed E-state index contributed by atoms with van der Waals surface area (Å²) in [4.78, 5) is 27.5. The van der Waals surface area contributed by atoms with Crippen LogP contribution in [0, 0.1) is 0 Å². The number of anilines is 3. The molecule has 1 aliphatic heterocycles. The van der Waals surface area contributed by atoms with E-state index in [1.54, 1.807) is 30.5 Å². The van der Waals surface area contributed by atoms with E-state index in [2.05, 4.69) is 30.9 Å². The Morgan fingerprint density at radius 1 is 1.09 bits per heavy atom. The van der Waals surface area contributed by atoms with Crippen LogP contribution >= 0.6 is 0 Å². The maximum absolute atomic E-state index is 14.2. The monoisotopic (exact) mass is 485 g/mol. The first kappa shape index (κ1) is 24.2. The average Bonchev–Trinajstić information content (AvgIpc) is 2.84. The van der Waals surface area contributed by atoms with Crippen LogP contribution in [0.4, 0.5) is 26.5 Å². The molecule has 1 aromatic carbocycles. The third kappa shape index (κ3) is 5.60. The highest BCUT2D eigenvalue weighted by Gasteiger charge is 2.28. The summed E-state index contributed by atoms with van der Waals surface area (Å²) < 4.78 is 30.3. The van der Waals surface area contributed by atoms with Crippen molar-refractivity contribution in [3.63, 3.8) is 0 Å². The molecule has 2 unspecified atom stereocenters. The van der Waals surface area contributed by atoms with E-state index in [-0.39, 0.29) is 12.4 Å². The molecule has 3 N–H and O–H groups in total. The van der Waals surface area contributed by atoms with Gasteiger partial charge in [0.1, 0.15) is 17.5 Å². The third-order valence-electron chi connectivity index (χ3n) is 5.65. The maximum atomic E-state index is 14.2. The molecule has 35 heavy (non-hydrogen) atoms. The quantitative estimate of drug-likeness (QED) is 0.463.